The van der Waals surface area contributed by atoms with Crippen molar-refractivity contribution in [2.75, 3.05) is 5.75 Å². The lowest BCUT2D eigenvalue weighted by atomic mass is 10.0. The largest absolute Gasteiger partial charge is 0.313 e. The smallest absolute Gasteiger partial charge is 0.165 e. The van der Waals surface area contributed by atoms with Crippen molar-refractivity contribution in [2.45, 2.75) is 24.7 Å². The van der Waals surface area contributed by atoms with E-state index in [2.05, 4.69) is 20.8 Å². The third-order valence-electron chi connectivity index (χ3n) is 4.40. The molecule has 4 rings (SSSR count). The van der Waals surface area contributed by atoms with E-state index in [9.17, 15) is 0 Å². The monoisotopic (exact) mass is 351 g/mol. The fraction of sp³-hybridized carbons (Fsp3) is 0.375. The maximum Gasteiger partial charge on any atom is 0.165 e. The Hall–Kier alpha value is -0.970. The quantitative estimate of drug-likeness (QED) is 0.792. The number of benzene rings is 1. The summed E-state index contributed by atoms with van der Waals surface area (Å²) < 4.78 is 2.09. The molecule has 0 amide bonds. The van der Waals surface area contributed by atoms with E-state index in [1.807, 2.05) is 30.9 Å². The summed E-state index contributed by atoms with van der Waals surface area (Å²) in [6.07, 6.45) is 5.84. The molecular formula is C16H15Cl2N3S. The molecule has 2 aromatic rings. The van der Waals surface area contributed by atoms with Gasteiger partial charge in [0.25, 0.3) is 0 Å². The fourth-order valence-corrected chi connectivity index (χ4v) is 4.86. The molecule has 22 heavy (non-hydrogen) atoms. The van der Waals surface area contributed by atoms with Crippen LogP contribution in [0, 0.1) is 0 Å². The van der Waals surface area contributed by atoms with Crippen LogP contribution in [0.25, 0.3) is 11.4 Å². The van der Waals surface area contributed by atoms with Crippen LogP contribution in [0.3, 0.4) is 0 Å². The number of halogens is 2. The molecule has 0 unspecified atom stereocenters. The molecule has 0 radical (unpaired) electrons. The predicted molar refractivity (Wildman–Crippen MR) is 92.5 cm³/mol. The van der Waals surface area contributed by atoms with Gasteiger partial charge in [0, 0.05) is 23.4 Å². The molecule has 0 atom stereocenters. The van der Waals surface area contributed by atoms with Crippen molar-refractivity contribution in [3.63, 3.8) is 0 Å². The number of allylic oxidation sites excluding steroid dienone is 2. The van der Waals surface area contributed by atoms with E-state index < -0.39 is 0 Å². The molecular weight excluding hydrogens is 337 g/mol. The summed E-state index contributed by atoms with van der Waals surface area (Å²) in [5.41, 5.74) is 0.969. The lowest BCUT2D eigenvalue weighted by Crippen LogP contribution is -2.14. The Kier molecular flexibility index (Phi) is 3.51. The molecule has 3 nitrogen and oxygen atoms in total. The minimum atomic E-state index is 0.0973. The van der Waals surface area contributed by atoms with Crippen LogP contribution >= 0.6 is 35.0 Å². The Morgan fingerprint density at radius 3 is 2.68 bits per heavy atom. The number of rotatable bonds is 3. The second-order valence-corrected chi connectivity index (χ2v) is 7.80. The van der Waals surface area contributed by atoms with Crippen LogP contribution in [-0.2, 0) is 12.5 Å². The molecule has 6 heteroatoms. The normalized spacial score (nSPS) is 19.3. The average Bonchev–Trinajstić information content (AvgIpc) is 2.94. The number of aromatic nitrogens is 3. The summed E-state index contributed by atoms with van der Waals surface area (Å²) in [7, 11) is 2.02. The van der Waals surface area contributed by atoms with Gasteiger partial charge < -0.3 is 4.57 Å². The van der Waals surface area contributed by atoms with Gasteiger partial charge in [0.05, 0.1) is 10.4 Å². The van der Waals surface area contributed by atoms with E-state index >= 15 is 0 Å². The van der Waals surface area contributed by atoms with Crippen LogP contribution in [0.15, 0.2) is 29.2 Å². The second kappa shape index (κ2) is 5.29. The number of hydrogen-bond acceptors (Lipinski definition) is 3. The first-order valence-electron chi connectivity index (χ1n) is 7.30. The Bertz CT molecular complexity index is 778. The summed E-state index contributed by atoms with van der Waals surface area (Å²) in [6.45, 7) is 0. The van der Waals surface area contributed by atoms with Gasteiger partial charge in [0.2, 0.25) is 0 Å². The lowest BCUT2D eigenvalue weighted by molar-refractivity contribution is 0.705. The van der Waals surface area contributed by atoms with Crippen molar-refractivity contribution in [1.29, 1.82) is 0 Å². The van der Waals surface area contributed by atoms with Crippen molar-refractivity contribution in [3.8, 4) is 11.4 Å². The van der Waals surface area contributed by atoms with E-state index in [4.69, 9.17) is 23.2 Å². The zero-order valence-electron chi connectivity index (χ0n) is 12.1. The van der Waals surface area contributed by atoms with Crippen LogP contribution in [0.4, 0.5) is 0 Å². The molecule has 1 aromatic carbocycles. The van der Waals surface area contributed by atoms with Gasteiger partial charge in [-0.2, -0.15) is 0 Å². The maximum atomic E-state index is 6.32. The molecule has 114 valence electrons. The summed E-state index contributed by atoms with van der Waals surface area (Å²) in [5.74, 6) is 3.03. The minimum Gasteiger partial charge on any atom is -0.313 e. The molecule has 1 saturated carbocycles. The van der Waals surface area contributed by atoms with Crippen LogP contribution in [0.2, 0.25) is 10.0 Å². The molecule has 0 saturated heterocycles. The van der Waals surface area contributed by atoms with Gasteiger partial charge in [-0.3, -0.25) is 0 Å². The predicted octanol–water partition coefficient (Wildman–Crippen LogP) is 4.84. The Morgan fingerprint density at radius 1 is 1.23 bits per heavy atom. The van der Waals surface area contributed by atoms with E-state index in [0.29, 0.717) is 10.0 Å². The molecule has 0 spiro atoms. The van der Waals surface area contributed by atoms with Crippen molar-refractivity contribution in [2.24, 2.45) is 7.05 Å². The number of hydrogen-bond donors (Lipinski definition) is 0. The summed E-state index contributed by atoms with van der Waals surface area (Å²) in [5, 5.41) is 10.1. The van der Waals surface area contributed by atoms with Gasteiger partial charge in [0.15, 0.2) is 5.82 Å². The van der Waals surface area contributed by atoms with Gasteiger partial charge >= 0.3 is 0 Å². The first-order chi connectivity index (χ1) is 10.6. The Labute approximate surface area is 143 Å². The van der Waals surface area contributed by atoms with Gasteiger partial charge in [0.1, 0.15) is 5.82 Å². The van der Waals surface area contributed by atoms with Crippen LogP contribution in [0.1, 0.15) is 25.1 Å². The van der Waals surface area contributed by atoms with Gasteiger partial charge in [-0.05, 0) is 42.4 Å². The molecule has 2 heterocycles. The van der Waals surface area contributed by atoms with Crippen molar-refractivity contribution < 1.29 is 0 Å². The highest BCUT2D eigenvalue weighted by Crippen LogP contribution is 2.58. The standard InChI is InChI=1S/C16H15Cl2N3S/c1-21-14(11-5-4-10(17)9-12(11)18)19-20-15(21)16(6-7-16)13-3-2-8-22-13/h3-5,9H,2,6-8H2,1H3. The zero-order valence-corrected chi connectivity index (χ0v) is 14.5. The maximum absolute atomic E-state index is 6.32. The molecule has 2 aliphatic rings. The molecule has 0 N–H and O–H groups in total. The Balaban J connectivity index is 1.77. The highest BCUT2D eigenvalue weighted by molar-refractivity contribution is 8.03. The molecule has 1 aliphatic carbocycles. The second-order valence-electron chi connectivity index (χ2n) is 5.82. The summed E-state index contributed by atoms with van der Waals surface area (Å²) in [6, 6.07) is 5.48. The highest BCUT2D eigenvalue weighted by atomic mass is 35.5. The SMILES string of the molecule is Cn1c(-c2ccc(Cl)cc2Cl)nnc1C1(C2=CCCS2)CC1. The third-order valence-corrected chi connectivity index (χ3v) is 6.26. The van der Waals surface area contributed by atoms with E-state index in [-0.39, 0.29) is 5.41 Å². The Morgan fingerprint density at radius 2 is 2.05 bits per heavy atom. The van der Waals surface area contributed by atoms with Crippen molar-refractivity contribution in [1.82, 2.24) is 14.8 Å². The van der Waals surface area contributed by atoms with Gasteiger partial charge in [-0.25, -0.2) is 0 Å². The van der Waals surface area contributed by atoms with Gasteiger partial charge in [-0.1, -0.05) is 29.3 Å². The number of thioether (sulfide) groups is 1. The summed E-state index contributed by atoms with van der Waals surface area (Å²) >= 11 is 14.3. The van der Waals surface area contributed by atoms with Crippen LogP contribution < -0.4 is 0 Å². The average molecular weight is 352 g/mol. The molecule has 1 aliphatic heterocycles. The fourth-order valence-electron chi connectivity index (χ4n) is 3.11. The first-order valence-corrected chi connectivity index (χ1v) is 9.05. The van der Waals surface area contributed by atoms with E-state index in [1.54, 1.807) is 6.07 Å². The van der Waals surface area contributed by atoms with E-state index in [1.165, 1.54) is 10.7 Å². The van der Waals surface area contributed by atoms with Crippen molar-refractivity contribution in [3.05, 3.63) is 45.0 Å². The van der Waals surface area contributed by atoms with Crippen LogP contribution in [-0.4, -0.2) is 20.5 Å². The number of nitrogens with zero attached hydrogens (tertiary/aromatic N) is 3. The van der Waals surface area contributed by atoms with Crippen molar-refractivity contribution >= 4 is 35.0 Å². The molecule has 0 bridgehead atoms. The zero-order chi connectivity index (χ0) is 15.3. The minimum absolute atomic E-state index is 0.0973. The lowest BCUT2D eigenvalue weighted by Gasteiger charge is -2.16. The molecule has 1 fully saturated rings. The highest BCUT2D eigenvalue weighted by Gasteiger charge is 2.52. The summed E-state index contributed by atoms with van der Waals surface area (Å²) in [4.78, 5) is 1.47. The third kappa shape index (κ3) is 2.20. The topological polar surface area (TPSA) is 30.7 Å². The molecule has 1 aromatic heterocycles. The van der Waals surface area contributed by atoms with E-state index in [0.717, 1.165) is 36.5 Å². The van der Waals surface area contributed by atoms with Crippen LogP contribution in [0.5, 0.6) is 0 Å². The first kappa shape index (κ1) is 14.6. The van der Waals surface area contributed by atoms with Gasteiger partial charge in [-0.15, -0.1) is 22.0 Å².